The number of ether oxygens (including phenoxy) is 1. The van der Waals surface area contributed by atoms with Crippen LogP contribution in [0, 0.1) is 5.92 Å². The number of nitrogens with zero attached hydrogens (tertiary/aromatic N) is 5. The van der Waals surface area contributed by atoms with Crippen molar-refractivity contribution in [3.05, 3.63) is 81.6 Å². The Kier molecular flexibility index (Phi) is 6.78. The Morgan fingerprint density at radius 3 is 2.61 bits per heavy atom. The molecule has 0 radical (unpaired) electrons. The fourth-order valence-corrected chi connectivity index (χ4v) is 5.54. The van der Waals surface area contributed by atoms with Gasteiger partial charge in [0.2, 0.25) is 11.6 Å². The molecule has 38 heavy (non-hydrogen) atoms. The minimum atomic E-state index is -0.681. The smallest absolute Gasteiger partial charge is 0.369 e. The molecule has 1 unspecified atom stereocenters. The number of rotatable bonds is 7. The van der Waals surface area contributed by atoms with E-state index in [1.807, 2.05) is 54.6 Å². The van der Waals surface area contributed by atoms with Crippen molar-refractivity contribution in [3.8, 4) is 22.9 Å². The van der Waals surface area contributed by atoms with Gasteiger partial charge in [-0.25, -0.2) is 19.7 Å². The van der Waals surface area contributed by atoms with Gasteiger partial charge in [0.25, 0.3) is 0 Å². The molecule has 2 aromatic carbocycles. The standard InChI is InChI=1S/C28H27ClN6O3/c1-37-23(18-11-6-3-7-12-18)27-32-24-22(35(27)16-17-9-4-2-5-10-17)21(19-13-8-14-20(29)15-19)30-25(31-24)26-33-28(36)38-34-26/h3,6-8,11-15,17,23H,2,4-5,9-10,16H2,1H3,(H,33,34,36). The lowest BCUT2D eigenvalue weighted by Gasteiger charge is -2.25. The van der Waals surface area contributed by atoms with Crippen LogP contribution in [0.4, 0.5) is 0 Å². The van der Waals surface area contributed by atoms with Crippen LogP contribution >= 0.6 is 11.6 Å². The van der Waals surface area contributed by atoms with Crippen LogP contribution in [0.5, 0.6) is 0 Å². The van der Waals surface area contributed by atoms with E-state index in [0.29, 0.717) is 22.3 Å². The van der Waals surface area contributed by atoms with Gasteiger partial charge in [0.1, 0.15) is 23.1 Å². The molecule has 6 rings (SSSR count). The van der Waals surface area contributed by atoms with Crippen LogP contribution < -0.4 is 5.76 Å². The zero-order valence-corrected chi connectivity index (χ0v) is 21.7. The maximum atomic E-state index is 11.7. The number of hydrogen-bond donors (Lipinski definition) is 1. The monoisotopic (exact) mass is 530 g/mol. The highest BCUT2D eigenvalue weighted by Gasteiger charge is 2.28. The molecule has 0 spiro atoms. The molecular formula is C28H27ClN6O3. The number of halogens is 1. The lowest BCUT2D eigenvalue weighted by molar-refractivity contribution is 0.124. The summed E-state index contributed by atoms with van der Waals surface area (Å²) in [7, 11) is 1.69. The van der Waals surface area contributed by atoms with E-state index in [1.54, 1.807) is 7.11 Å². The first-order valence-electron chi connectivity index (χ1n) is 12.8. The van der Waals surface area contributed by atoms with E-state index in [9.17, 15) is 4.79 Å². The van der Waals surface area contributed by atoms with E-state index in [2.05, 4.69) is 14.7 Å². The minimum absolute atomic E-state index is 0.134. The average molecular weight is 531 g/mol. The molecule has 1 atom stereocenters. The van der Waals surface area contributed by atoms with Gasteiger partial charge in [0.05, 0.1) is 0 Å². The summed E-state index contributed by atoms with van der Waals surface area (Å²) in [5.41, 5.74) is 3.72. The van der Waals surface area contributed by atoms with Crippen LogP contribution in [0.25, 0.3) is 34.1 Å². The van der Waals surface area contributed by atoms with Crippen LogP contribution in [0.15, 0.2) is 63.9 Å². The molecule has 10 heteroatoms. The Morgan fingerprint density at radius 2 is 1.89 bits per heavy atom. The summed E-state index contributed by atoms with van der Waals surface area (Å²) in [5.74, 6) is 0.922. The molecule has 1 aliphatic carbocycles. The molecule has 194 valence electrons. The molecule has 0 aliphatic heterocycles. The Balaban J connectivity index is 1.63. The first-order valence-corrected chi connectivity index (χ1v) is 13.2. The third-order valence-corrected chi connectivity index (χ3v) is 7.36. The van der Waals surface area contributed by atoms with Crippen LogP contribution in [-0.4, -0.2) is 36.8 Å². The highest BCUT2D eigenvalue weighted by molar-refractivity contribution is 6.30. The van der Waals surface area contributed by atoms with E-state index in [4.69, 9.17) is 35.8 Å². The van der Waals surface area contributed by atoms with Gasteiger partial charge >= 0.3 is 5.76 Å². The second-order valence-electron chi connectivity index (χ2n) is 9.63. The lowest BCUT2D eigenvalue weighted by atomic mass is 9.89. The van der Waals surface area contributed by atoms with Crippen molar-refractivity contribution >= 4 is 22.8 Å². The second kappa shape index (κ2) is 10.5. The molecule has 0 bridgehead atoms. The summed E-state index contributed by atoms with van der Waals surface area (Å²) in [6.07, 6.45) is 5.63. The van der Waals surface area contributed by atoms with Gasteiger partial charge in [-0.05, 0) is 36.5 Å². The molecule has 1 saturated carbocycles. The maximum absolute atomic E-state index is 11.7. The van der Waals surface area contributed by atoms with Crippen molar-refractivity contribution in [2.75, 3.05) is 7.11 Å². The Bertz CT molecular complexity index is 1620. The van der Waals surface area contributed by atoms with Gasteiger partial charge in [-0.2, -0.15) is 0 Å². The SMILES string of the molecule is COC(c1ccccc1)c1nc2nc(-c3noc(=O)[nH]3)nc(-c3cccc(Cl)c3)c2n1CC1CCCCC1. The van der Waals surface area contributed by atoms with Crippen molar-refractivity contribution in [3.63, 3.8) is 0 Å². The summed E-state index contributed by atoms with van der Waals surface area (Å²) in [6.45, 7) is 0.773. The summed E-state index contributed by atoms with van der Waals surface area (Å²) in [4.78, 5) is 28.9. The van der Waals surface area contributed by atoms with E-state index >= 15 is 0 Å². The number of imidazole rings is 1. The first kappa shape index (κ1) is 24.5. The number of hydrogen-bond acceptors (Lipinski definition) is 7. The number of benzene rings is 2. The molecule has 3 heterocycles. The second-order valence-corrected chi connectivity index (χ2v) is 10.1. The predicted molar refractivity (Wildman–Crippen MR) is 144 cm³/mol. The number of aromatic amines is 1. The van der Waals surface area contributed by atoms with Gasteiger partial charge in [-0.3, -0.25) is 9.51 Å². The van der Waals surface area contributed by atoms with E-state index < -0.39 is 11.9 Å². The lowest BCUT2D eigenvalue weighted by Crippen LogP contribution is -2.19. The van der Waals surface area contributed by atoms with Crippen molar-refractivity contribution in [1.29, 1.82) is 0 Å². The third-order valence-electron chi connectivity index (χ3n) is 7.12. The maximum Gasteiger partial charge on any atom is 0.439 e. The van der Waals surface area contributed by atoms with Gasteiger partial charge in [0.15, 0.2) is 5.65 Å². The van der Waals surface area contributed by atoms with Crippen LogP contribution in [0.3, 0.4) is 0 Å². The fraction of sp³-hybridized carbons (Fsp3) is 0.321. The molecule has 1 fully saturated rings. The van der Waals surface area contributed by atoms with Crippen molar-refractivity contribution in [1.82, 2.24) is 29.7 Å². The average Bonchev–Trinajstić information content (AvgIpc) is 3.53. The highest BCUT2D eigenvalue weighted by Crippen LogP contribution is 2.36. The molecule has 1 aliphatic rings. The zero-order valence-electron chi connectivity index (χ0n) is 20.9. The molecule has 9 nitrogen and oxygen atoms in total. The molecule has 3 aromatic heterocycles. The Labute approximate surface area is 223 Å². The summed E-state index contributed by atoms with van der Waals surface area (Å²) < 4.78 is 13.0. The molecule has 0 saturated heterocycles. The van der Waals surface area contributed by atoms with Gasteiger partial charge < -0.3 is 9.30 Å². The molecular weight excluding hydrogens is 504 g/mol. The third kappa shape index (κ3) is 4.75. The number of nitrogens with one attached hydrogen (secondary N) is 1. The first-order chi connectivity index (χ1) is 18.6. The van der Waals surface area contributed by atoms with Crippen LogP contribution in [-0.2, 0) is 11.3 Å². The largest absolute Gasteiger partial charge is 0.439 e. The Hall–Kier alpha value is -3.82. The zero-order chi connectivity index (χ0) is 26.1. The minimum Gasteiger partial charge on any atom is -0.369 e. The van der Waals surface area contributed by atoms with Gasteiger partial charge in [-0.15, -0.1) is 0 Å². The molecule has 5 aromatic rings. The van der Waals surface area contributed by atoms with Crippen LogP contribution in [0.2, 0.25) is 5.02 Å². The van der Waals surface area contributed by atoms with E-state index in [1.165, 1.54) is 19.3 Å². The van der Waals surface area contributed by atoms with Crippen molar-refractivity contribution < 1.29 is 9.26 Å². The van der Waals surface area contributed by atoms with Gasteiger partial charge in [0, 0.05) is 24.2 Å². The number of H-pyrrole nitrogens is 1. The number of aromatic nitrogens is 6. The molecule has 0 amide bonds. The normalized spacial score (nSPS) is 15.2. The quantitative estimate of drug-likeness (QED) is 0.283. The Morgan fingerprint density at radius 1 is 1.08 bits per heavy atom. The fourth-order valence-electron chi connectivity index (χ4n) is 5.35. The molecule has 1 N–H and O–H groups in total. The summed E-state index contributed by atoms with van der Waals surface area (Å²) in [6, 6.07) is 17.6. The summed E-state index contributed by atoms with van der Waals surface area (Å²) in [5, 5.41) is 4.40. The predicted octanol–water partition coefficient (Wildman–Crippen LogP) is 5.81. The number of methoxy groups -OCH3 is 1. The number of fused-ring (bicyclic) bond motifs is 1. The highest BCUT2D eigenvalue weighted by atomic mass is 35.5. The van der Waals surface area contributed by atoms with E-state index in [0.717, 1.165) is 41.9 Å². The summed E-state index contributed by atoms with van der Waals surface area (Å²) >= 11 is 6.40. The topological polar surface area (TPSA) is 112 Å². The van der Waals surface area contributed by atoms with Crippen LogP contribution in [0.1, 0.15) is 49.6 Å². The van der Waals surface area contributed by atoms with Gasteiger partial charge in [-0.1, -0.05) is 78.5 Å². The van der Waals surface area contributed by atoms with Crippen molar-refractivity contribution in [2.24, 2.45) is 5.92 Å². The van der Waals surface area contributed by atoms with Crippen molar-refractivity contribution in [2.45, 2.75) is 44.8 Å². The van der Waals surface area contributed by atoms with E-state index in [-0.39, 0.29) is 11.6 Å².